The van der Waals surface area contributed by atoms with Crippen LogP contribution in [0.2, 0.25) is 0 Å². The lowest BCUT2D eigenvalue weighted by molar-refractivity contribution is -0.140. The van der Waals surface area contributed by atoms with Gasteiger partial charge in [0.15, 0.2) is 5.89 Å². The van der Waals surface area contributed by atoms with Gasteiger partial charge in [-0.25, -0.2) is 9.78 Å². The average molecular weight is 442 g/mol. The van der Waals surface area contributed by atoms with Crippen molar-refractivity contribution >= 4 is 23.7 Å². The summed E-state index contributed by atoms with van der Waals surface area (Å²) in [6.07, 6.45) is 1.08. The number of alkyl carbamates (subject to hydrolysis) is 1. The molecule has 2 atom stereocenters. The van der Waals surface area contributed by atoms with Crippen LogP contribution >= 0.6 is 0 Å². The van der Waals surface area contributed by atoms with Gasteiger partial charge in [0.05, 0.1) is 12.6 Å². The molecule has 3 amide bonds. The quantitative estimate of drug-likeness (QED) is 0.565. The first-order chi connectivity index (χ1) is 15.3. The van der Waals surface area contributed by atoms with Crippen LogP contribution in [-0.4, -0.2) is 47.3 Å². The zero-order valence-electron chi connectivity index (χ0n) is 17.9. The van der Waals surface area contributed by atoms with Crippen LogP contribution < -0.4 is 16.0 Å². The smallest absolute Gasteiger partial charge is 0.408 e. The monoisotopic (exact) mass is 442 g/mol. The van der Waals surface area contributed by atoms with E-state index in [0.717, 1.165) is 5.56 Å². The lowest BCUT2D eigenvalue weighted by Crippen LogP contribution is -2.56. The highest BCUT2D eigenvalue weighted by Gasteiger charge is 2.33. The highest BCUT2D eigenvalue weighted by molar-refractivity contribution is 6.38. The van der Waals surface area contributed by atoms with Crippen molar-refractivity contribution in [2.75, 3.05) is 6.54 Å². The Balaban J connectivity index is 1.65. The minimum absolute atomic E-state index is 0.0485. The van der Waals surface area contributed by atoms with Gasteiger partial charge in [0.1, 0.15) is 24.5 Å². The number of nitrogens with one attached hydrogen (secondary N) is 3. The molecule has 2 aromatic rings. The first-order valence-corrected chi connectivity index (χ1v) is 10.4. The molecule has 2 heterocycles. The lowest BCUT2D eigenvalue weighted by Gasteiger charge is -2.24. The predicted octanol–water partition coefficient (Wildman–Crippen LogP) is 0.894. The number of hydrogen-bond acceptors (Lipinski definition) is 7. The predicted molar refractivity (Wildman–Crippen MR) is 112 cm³/mol. The molecule has 0 saturated carbocycles. The first kappa shape index (κ1) is 23.0. The average Bonchev–Trinajstić information content (AvgIpc) is 3.21. The summed E-state index contributed by atoms with van der Waals surface area (Å²) in [5, 5.41) is 7.59. The Labute approximate surface area is 185 Å². The minimum Gasteiger partial charge on any atom is -0.446 e. The van der Waals surface area contributed by atoms with Gasteiger partial charge in [-0.1, -0.05) is 44.2 Å². The SMILES string of the molecule is CC(C)C(NC(=O)OCc1ccccc1)C(=O)NC1Cc2ncc(o2)CCNC(=O)C1=O. The number of amides is 3. The second kappa shape index (κ2) is 10.6. The highest BCUT2D eigenvalue weighted by Crippen LogP contribution is 2.11. The number of ketones is 1. The van der Waals surface area contributed by atoms with Crippen molar-refractivity contribution in [2.24, 2.45) is 5.92 Å². The Bertz CT molecular complexity index is 972. The molecule has 170 valence electrons. The van der Waals surface area contributed by atoms with Crippen LogP contribution in [0.4, 0.5) is 4.79 Å². The van der Waals surface area contributed by atoms with Crippen LogP contribution in [0.1, 0.15) is 31.1 Å². The van der Waals surface area contributed by atoms with Gasteiger partial charge in [-0.3, -0.25) is 14.4 Å². The van der Waals surface area contributed by atoms with E-state index >= 15 is 0 Å². The number of ether oxygens (including phenoxy) is 1. The normalized spacial score (nSPS) is 17.3. The number of Topliss-reactive ketones (excluding diaryl/α,β-unsaturated/α-hetero) is 1. The maximum atomic E-state index is 12.9. The molecule has 3 rings (SSSR count). The van der Waals surface area contributed by atoms with E-state index in [9.17, 15) is 19.2 Å². The molecule has 0 saturated heterocycles. The van der Waals surface area contributed by atoms with Gasteiger partial charge in [0.2, 0.25) is 11.7 Å². The molecule has 0 fully saturated rings. The van der Waals surface area contributed by atoms with Crippen LogP contribution in [0.25, 0.3) is 0 Å². The van der Waals surface area contributed by atoms with Crippen LogP contribution in [0, 0.1) is 5.92 Å². The number of carbonyl (C=O) groups excluding carboxylic acids is 4. The van der Waals surface area contributed by atoms with Gasteiger partial charge < -0.3 is 25.1 Å². The van der Waals surface area contributed by atoms with Gasteiger partial charge in [0.25, 0.3) is 5.91 Å². The van der Waals surface area contributed by atoms with Crippen molar-refractivity contribution in [1.29, 1.82) is 0 Å². The molecular weight excluding hydrogens is 416 g/mol. The van der Waals surface area contributed by atoms with E-state index < -0.39 is 35.8 Å². The Morgan fingerprint density at radius 3 is 2.72 bits per heavy atom. The summed E-state index contributed by atoms with van der Waals surface area (Å²) in [7, 11) is 0. The molecule has 3 N–H and O–H groups in total. The summed E-state index contributed by atoms with van der Waals surface area (Å²) in [6, 6.07) is 6.95. The van der Waals surface area contributed by atoms with E-state index in [1.165, 1.54) is 6.20 Å². The van der Waals surface area contributed by atoms with Gasteiger partial charge in [0, 0.05) is 13.0 Å². The summed E-state index contributed by atoms with van der Waals surface area (Å²) >= 11 is 0. The molecule has 10 heteroatoms. The topological polar surface area (TPSA) is 140 Å². The standard InChI is InChI=1S/C22H26N4O6/c1-13(2)18(26-22(30)31-12-14-6-4-3-5-7-14)20(28)25-16-10-17-24-11-15(32-17)8-9-23-21(29)19(16)27/h3-7,11,13,16,18H,8-10,12H2,1-2H3,(H,23,29)(H,25,28)(H,26,30). The summed E-state index contributed by atoms with van der Waals surface area (Å²) < 4.78 is 10.7. The maximum absolute atomic E-state index is 12.9. The Morgan fingerprint density at radius 1 is 1.25 bits per heavy atom. The number of carbonyl (C=O) groups is 4. The van der Waals surface area contributed by atoms with Crippen molar-refractivity contribution < 1.29 is 28.3 Å². The summed E-state index contributed by atoms with van der Waals surface area (Å²) in [6.45, 7) is 3.74. The van der Waals surface area contributed by atoms with Crippen molar-refractivity contribution in [2.45, 2.75) is 45.4 Å². The summed E-state index contributed by atoms with van der Waals surface area (Å²) in [5.41, 5.74) is 0.802. The number of fused-ring (bicyclic) bond motifs is 2. The number of rotatable bonds is 6. The second-order valence-electron chi connectivity index (χ2n) is 7.78. The fourth-order valence-corrected chi connectivity index (χ4v) is 3.17. The second-order valence-corrected chi connectivity index (χ2v) is 7.78. The Kier molecular flexibility index (Phi) is 7.58. The van der Waals surface area contributed by atoms with Crippen LogP contribution in [0.15, 0.2) is 40.9 Å². The van der Waals surface area contributed by atoms with Gasteiger partial charge in [-0.15, -0.1) is 0 Å². The van der Waals surface area contributed by atoms with E-state index in [1.54, 1.807) is 13.8 Å². The highest BCUT2D eigenvalue weighted by atomic mass is 16.5. The van der Waals surface area contributed by atoms with Crippen molar-refractivity contribution in [3.63, 3.8) is 0 Å². The number of oxazole rings is 1. The molecule has 0 radical (unpaired) electrons. The summed E-state index contributed by atoms with van der Waals surface area (Å²) in [4.78, 5) is 54.0. The third-order valence-corrected chi connectivity index (χ3v) is 4.93. The molecular formula is C22H26N4O6. The number of nitrogens with zero attached hydrogens (tertiary/aromatic N) is 1. The van der Waals surface area contributed by atoms with E-state index in [1.807, 2.05) is 30.3 Å². The Morgan fingerprint density at radius 2 is 2.00 bits per heavy atom. The van der Waals surface area contributed by atoms with E-state index in [2.05, 4.69) is 20.9 Å². The fourth-order valence-electron chi connectivity index (χ4n) is 3.17. The van der Waals surface area contributed by atoms with Crippen molar-refractivity contribution in [3.05, 3.63) is 53.7 Å². The van der Waals surface area contributed by atoms with E-state index in [-0.39, 0.29) is 31.4 Å². The van der Waals surface area contributed by atoms with Gasteiger partial charge in [-0.2, -0.15) is 0 Å². The molecule has 2 unspecified atom stereocenters. The largest absolute Gasteiger partial charge is 0.446 e. The molecule has 2 bridgehead atoms. The zero-order valence-corrected chi connectivity index (χ0v) is 17.9. The van der Waals surface area contributed by atoms with Gasteiger partial charge >= 0.3 is 6.09 Å². The zero-order chi connectivity index (χ0) is 23.1. The van der Waals surface area contributed by atoms with E-state index in [4.69, 9.17) is 9.15 Å². The lowest BCUT2D eigenvalue weighted by atomic mass is 10.0. The van der Waals surface area contributed by atoms with Crippen molar-refractivity contribution in [3.8, 4) is 0 Å². The molecule has 10 nitrogen and oxygen atoms in total. The fraction of sp³-hybridized carbons (Fsp3) is 0.409. The third-order valence-electron chi connectivity index (χ3n) is 4.93. The molecule has 1 aromatic heterocycles. The first-order valence-electron chi connectivity index (χ1n) is 10.4. The maximum Gasteiger partial charge on any atom is 0.408 e. The number of benzene rings is 1. The molecule has 0 spiro atoms. The Hall–Kier alpha value is -3.69. The van der Waals surface area contributed by atoms with Crippen LogP contribution in [0.3, 0.4) is 0 Å². The molecule has 32 heavy (non-hydrogen) atoms. The number of hydrogen-bond donors (Lipinski definition) is 3. The van der Waals surface area contributed by atoms with Crippen molar-refractivity contribution in [1.82, 2.24) is 20.9 Å². The van der Waals surface area contributed by atoms with Crippen LogP contribution in [0.5, 0.6) is 0 Å². The van der Waals surface area contributed by atoms with Crippen LogP contribution in [-0.2, 0) is 38.6 Å². The molecule has 1 aliphatic rings. The van der Waals surface area contributed by atoms with E-state index in [0.29, 0.717) is 12.2 Å². The number of aromatic nitrogens is 1. The molecule has 1 aliphatic heterocycles. The summed E-state index contributed by atoms with van der Waals surface area (Å²) in [5.74, 6) is -1.72. The van der Waals surface area contributed by atoms with Gasteiger partial charge in [-0.05, 0) is 11.5 Å². The third kappa shape index (κ3) is 6.16. The minimum atomic E-state index is -1.18. The molecule has 0 aliphatic carbocycles. The molecule has 1 aromatic carbocycles.